The van der Waals surface area contributed by atoms with Crippen molar-refractivity contribution in [1.29, 1.82) is 0 Å². The summed E-state index contributed by atoms with van der Waals surface area (Å²) in [6.45, 7) is 4.34. The molecule has 1 aromatic heterocycles. The topological polar surface area (TPSA) is 79.8 Å². The van der Waals surface area contributed by atoms with Gasteiger partial charge in [0.1, 0.15) is 0 Å². The van der Waals surface area contributed by atoms with Crippen molar-refractivity contribution in [3.8, 4) is 0 Å². The highest BCUT2D eigenvalue weighted by Crippen LogP contribution is 2.03. The molecular formula is C6H9N5OS. The summed E-state index contributed by atoms with van der Waals surface area (Å²) in [5.41, 5.74) is 0. The van der Waals surface area contributed by atoms with Gasteiger partial charge in [0.2, 0.25) is 11.0 Å². The summed E-state index contributed by atoms with van der Waals surface area (Å²) in [4.78, 5) is 11.1. The molecule has 0 aliphatic rings. The van der Waals surface area contributed by atoms with E-state index in [1.54, 1.807) is 6.08 Å². The smallest absolute Gasteiger partial charge is 0.240 e. The van der Waals surface area contributed by atoms with Crippen molar-refractivity contribution in [2.45, 2.75) is 0 Å². The maximum Gasteiger partial charge on any atom is 0.240 e. The van der Waals surface area contributed by atoms with Gasteiger partial charge in [0.15, 0.2) is 0 Å². The third-order valence-corrected chi connectivity index (χ3v) is 1.63. The van der Waals surface area contributed by atoms with E-state index < -0.39 is 0 Å². The van der Waals surface area contributed by atoms with Gasteiger partial charge in [-0.15, -0.1) is 6.58 Å². The first kappa shape index (κ1) is 9.75. The number of carbonyl (C=O) groups excluding carboxylic acids is 1. The van der Waals surface area contributed by atoms with Crippen LogP contribution in [0.3, 0.4) is 0 Å². The SMILES string of the molecule is C=CCNCC(=O)Nc1nnns1. The first-order chi connectivity index (χ1) is 6.33. The second-order valence-electron chi connectivity index (χ2n) is 2.14. The molecule has 70 valence electrons. The fraction of sp³-hybridized carbons (Fsp3) is 0.333. The average molecular weight is 199 g/mol. The van der Waals surface area contributed by atoms with Gasteiger partial charge in [0.05, 0.1) is 6.54 Å². The second kappa shape index (κ2) is 5.33. The minimum Gasteiger partial charge on any atom is -0.305 e. The summed E-state index contributed by atoms with van der Waals surface area (Å²) >= 11 is 1.04. The Labute approximate surface area is 79.2 Å². The predicted octanol–water partition coefficient (Wildman–Crippen LogP) is -0.353. The van der Waals surface area contributed by atoms with E-state index in [1.165, 1.54) is 0 Å². The van der Waals surface area contributed by atoms with E-state index in [1.807, 2.05) is 0 Å². The summed E-state index contributed by atoms with van der Waals surface area (Å²) in [5.74, 6) is -0.166. The summed E-state index contributed by atoms with van der Waals surface area (Å²) in [7, 11) is 0. The van der Waals surface area contributed by atoms with Crippen LogP contribution in [0.5, 0.6) is 0 Å². The zero-order chi connectivity index (χ0) is 9.52. The molecule has 0 aliphatic carbocycles. The fourth-order valence-corrected chi connectivity index (χ4v) is 1.02. The molecule has 1 aromatic rings. The van der Waals surface area contributed by atoms with E-state index in [4.69, 9.17) is 0 Å². The van der Waals surface area contributed by atoms with Crippen molar-refractivity contribution in [3.63, 3.8) is 0 Å². The molecule has 0 saturated heterocycles. The van der Waals surface area contributed by atoms with Crippen molar-refractivity contribution in [3.05, 3.63) is 12.7 Å². The molecule has 0 bridgehead atoms. The van der Waals surface area contributed by atoms with E-state index in [0.29, 0.717) is 11.7 Å². The molecule has 0 spiro atoms. The second-order valence-corrected chi connectivity index (χ2v) is 2.87. The van der Waals surface area contributed by atoms with Crippen molar-refractivity contribution < 1.29 is 4.79 Å². The highest BCUT2D eigenvalue weighted by atomic mass is 32.1. The third-order valence-electron chi connectivity index (χ3n) is 1.12. The third kappa shape index (κ3) is 3.72. The van der Waals surface area contributed by atoms with Gasteiger partial charge in [-0.25, -0.2) is 0 Å². The molecule has 0 radical (unpaired) electrons. The van der Waals surface area contributed by atoms with E-state index in [-0.39, 0.29) is 12.5 Å². The Morgan fingerprint density at radius 2 is 2.54 bits per heavy atom. The molecule has 0 unspecified atom stereocenters. The Morgan fingerprint density at radius 1 is 1.69 bits per heavy atom. The Bertz CT molecular complexity index is 273. The first-order valence-electron chi connectivity index (χ1n) is 3.59. The molecule has 1 heterocycles. The maximum atomic E-state index is 11.1. The van der Waals surface area contributed by atoms with Gasteiger partial charge in [0.25, 0.3) is 0 Å². The van der Waals surface area contributed by atoms with E-state index >= 15 is 0 Å². The number of rotatable bonds is 5. The van der Waals surface area contributed by atoms with Gasteiger partial charge in [-0.2, -0.15) is 0 Å². The van der Waals surface area contributed by atoms with Crippen LogP contribution in [-0.4, -0.2) is 33.8 Å². The van der Waals surface area contributed by atoms with Gasteiger partial charge >= 0.3 is 0 Å². The lowest BCUT2D eigenvalue weighted by atomic mass is 10.5. The normalized spacial score (nSPS) is 9.54. The van der Waals surface area contributed by atoms with Gasteiger partial charge in [-0.3, -0.25) is 10.1 Å². The Kier molecular flexibility index (Phi) is 4.00. The standard InChI is InChI=1S/C6H9N5OS/c1-2-3-7-4-5(12)8-6-9-10-11-13-6/h2,7H,1,3-4H2,(H,8,9,11,12). The Hall–Kier alpha value is -1.34. The first-order valence-corrected chi connectivity index (χ1v) is 4.36. The van der Waals surface area contributed by atoms with Crippen molar-refractivity contribution >= 4 is 22.6 Å². The van der Waals surface area contributed by atoms with Crippen LogP contribution >= 0.6 is 11.5 Å². The fourth-order valence-electron chi connectivity index (χ4n) is 0.633. The lowest BCUT2D eigenvalue weighted by Gasteiger charge is -1.99. The van der Waals surface area contributed by atoms with Crippen LogP contribution < -0.4 is 10.6 Å². The summed E-state index contributed by atoms with van der Waals surface area (Å²) in [6, 6.07) is 0. The molecule has 7 heteroatoms. The molecule has 0 fully saturated rings. The molecule has 0 aromatic carbocycles. The highest BCUT2D eigenvalue weighted by molar-refractivity contribution is 7.09. The molecule has 0 saturated carbocycles. The largest absolute Gasteiger partial charge is 0.305 e. The van der Waals surface area contributed by atoms with Gasteiger partial charge in [-0.1, -0.05) is 15.7 Å². The van der Waals surface area contributed by atoms with Crippen LogP contribution in [0.25, 0.3) is 0 Å². The lowest BCUT2D eigenvalue weighted by molar-refractivity contribution is -0.115. The summed E-state index contributed by atoms with van der Waals surface area (Å²) < 4.78 is 3.50. The van der Waals surface area contributed by atoms with Crippen molar-refractivity contribution in [1.82, 2.24) is 20.1 Å². The quantitative estimate of drug-likeness (QED) is 0.500. The maximum absolute atomic E-state index is 11.1. The van der Waals surface area contributed by atoms with Crippen LogP contribution in [-0.2, 0) is 4.79 Å². The zero-order valence-corrected chi connectivity index (χ0v) is 7.67. The number of nitrogens with zero attached hydrogens (tertiary/aromatic N) is 3. The van der Waals surface area contributed by atoms with Gasteiger partial charge in [-0.05, 0) is 5.21 Å². The van der Waals surface area contributed by atoms with Gasteiger partial charge in [0, 0.05) is 18.1 Å². The number of amides is 1. The Morgan fingerprint density at radius 3 is 3.15 bits per heavy atom. The molecule has 6 nitrogen and oxygen atoms in total. The van der Waals surface area contributed by atoms with Crippen LogP contribution in [0, 0.1) is 0 Å². The number of anilines is 1. The monoisotopic (exact) mass is 199 g/mol. The van der Waals surface area contributed by atoms with E-state index in [0.717, 1.165) is 11.5 Å². The molecule has 1 amide bonds. The molecule has 0 aliphatic heterocycles. The molecule has 13 heavy (non-hydrogen) atoms. The molecule has 2 N–H and O–H groups in total. The number of hydrogen-bond donors (Lipinski definition) is 2. The predicted molar refractivity (Wildman–Crippen MR) is 49.4 cm³/mol. The van der Waals surface area contributed by atoms with Crippen molar-refractivity contribution in [2.75, 3.05) is 18.4 Å². The van der Waals surface area contributed by atoms with Crippen LogP contribution in [0.4, 0.5) is 5.13 Å². The van der Waals surface area contributed by atoms with Crippen LogP contribution in [0.2, 0.25) is 0 Å². The average Bonchev–Trinajstić information content (AvgIpc) is 2.57. The number of aromatic nitrogens is 3. The van der Waals surface area contributed by atoms with Crippen LogP contribution in [0.1, 0.15) is 0 Å². The number of hydrogen-bond acceptors (Lipinski definition) is 6. The highest BCUT2D eigenvalue weighted by Gasteiger charge is 2.03. The molecule has 1 rings (SSSR count). The minimum atomic E-state index is -0.166. The van der Waals surface area contributed by atoms with E-state index in [2.05, 4.69) is 32.0 Å². The number of nitrogens with one attached hydrogen (secondary N) is 2. The van der Waals surface area contributed by atoms with Gasteiger partial charge < -0.3 is 5.32 Å². The zero-order valence-electron chi connectivity index (χ0n) is 6.86. The summed E-state index contributed by atoms with van der Waals surface area (Å²) in [6.07, 6.45) is 1.68. The number of carbonyl (C=O) groups is 1. The van der Waals surface area contributed by atoms with Crippen LogP contribution in [0.15, 0.2) is 12.7 Å². The molecule has 0 atom stereocenters. The molecular weight excluding hydrogens is 190 g/mol. The summed E-state index contributed by atoms with van der Waals surface area (Å²) in [5, 5.41) is 12.7. The van der Waals surface area contributed by atoms with E-state index in [9.17, 15) is 4.79 Å². The van der Waals surface area contributed by atoms with Crippen molar-refractivity contribution in [2.24, 2.45) is 0 Å². The lowest BCUT2D eigenvalue weighted by Crippen LogP contribution is -2.27. The minimum absolute atomic E-state index is 0.166. The Balaban J connectivity index is 2.22.